The summed E-state index contributed by atoms with van der Waals surface area (Å²) in [4.78, 5) is 19.2. The van der Waals surface area contributed by atoms with Gasteiger partial charge in [-0.05, 0) is 6.92 Å². The van der Waals surface area contributed by atoms with Crippen LogP contribution in [-0.4, -0.2) is 31.5 Å². The third kappa shape index (κ3) is 4.32. The van der Waals surface area contributed by atoms with Crippen LogP contribution < -0.4 is 15.7 Å². The van der Waals surface area contributed by atoms with Crippen LogP contribution in [0.2, 0.25) is 0 Å². The number of β-lactam (4-membered cyclic amide) rings is 1. The van der Waals surface area contributed by atoms with Crippen LogP contribution in [0, 0.1) is 0 Å². The highest BCUT2D eigenvalue weighted by Gasteiger charge is 2.28. The van der Waals surface area contributed by atoms with Gasteiger partial charge in [0.25, 0.3) is 5.91 Å². The summed E-state index contributed by atoms with van der Waals surface area (Å²) >= 11 is 0. The summed E-state index contributed by atoms with van der Waals surface area (Å²) in [6.07, 6.45) is 0. The van der Waals surface area contributed by atoms with E-state index in [0.717, 1.165) is 13.5 Å². The second-order valence-electron chi connectivity index (χ2n) is 2.18. The summed E-state index contributed by atoms with van der Waals surface area (Å²) in [6, 6.07) is 0.208. The van der Waals surface area contributed by atoms with Crippen LogP contribution in [0.25, 0.3) is 0 Å². The topological polar surface area (TPSA) is 85.8 Å². The number of rotatable bonds is 1. The first kappa shape index (κ1) is 9.90. The molecule has 1 rings (SSSR count). The Morgan fingerprint density at radius 1 is 1.82 bits per heavy atom. The van der Waals surface area contributed by atoms with Gasteiger partial charge in [-0.1, -0.05) is 0 Å². The number of amides is 1. The van der Waals surface area contributed by atoms with E-state index in [-0.39, 0.29) is 11.9 Å². The van der Waals surface area contributed by atoms with Gasteiger partial charge in [0.1, 0.15) is 0 Å². The molecule has 1 fully saturated rings. The molecule has 0 aromatic heterocycles. The van der Waals surface area contributed by atoms with E-state index >= 15 is 0 Å². The SMILES string of the molecule is CC(=O)[O-].C[NH2+][C@H]1CNC1=O. The number of nitrogens with two attached hydrogens (primary N) is 1. The van der Waals surface area contributed by atoms with Gasteiger partial charge in [-0.2, -0.15) is 0 Å². The Hall–Kier alpha value is -1.10. The molecule has 3 N–H and O–H groups in total. The number of carbonyl (C=O) groups is 2. The number of quaternary nitrogens is 1. The molecule has 1 aliphatic heterocycles. The predicted octanol–water partition coefficient (Wildman–Crippen LogP) is -3.57. The zero-order valence-electron chi connectivity index (χ0n) is 6.59. The fourth-order valence-electron chi connectivity index (χ4n) is 0.572. The van der Waals surface area contributed by atoms with Gasteiger partial charge in [0.15, 0.2) is 6.04 Å². The van der Waals surface area contributed by atoms with Crippen molar-refractivity contribution in [1.82, 2.24) is 5.32 Å². The van der Waals surface area contributed by atoms with E-state index in [2.05, 4.69) is 5.32 Å². The Balaban J connectivity index is 0.000000218. The van der Waals surface area contributed by atoms with Gasteiger partial charge in [-0.3, -0.25) is 4.79 Å². The second kappa shape index (κ2) is 4.68. The lowest BCUT2D eigenvalue weighted by Gasteiger charge is -2.21. The van der Waals surface area contributed by atoms with Crippen LogP contribution in [0.3, 0.4) is 0 Å². The van der Waals surface area contributed by atoms with Crippen LogP contribution in [0.5, 0.6) is 0 Å². The Kier molecular flexibility index (Phi) is 4.21. The molecule has 0 aromatic rings. The van der Waals surface area contributed by atoms with Gasteiger partial charge in [-0.15, -0.1) is 0 Å². The van der Waals surface area contributed by atoms with Crippen molar-refractivity contribution < 1.29 is 20.0 Å². The molecule has 0 saturated carbocycles. The molecule has 11 heavy (non-hydrogen) atoms. The number of aliphatic carboxylic acids is 1. The number of likely N-dealkylation sites (N-methyl/N-ethyl adjacent to an activating group) is 1. The third-order valence-corrected chi connectivity index (χ3v) is 1.24. The fraction of sp³-hybridized carbons (Fsp3) is 0.667. The molecule has 1 atom stereocenters. The Morgan fingerprint density at radius 3 is 2.27 bits per heavy atom. The van der Waals surface area contributed by atoms with Crippen LogP contribution in [0.4, 0.5) is 0 Å². The van der Waals surface area contributed by atoms with E-state index in [1.165, 1.54) is 0 Å². The van der Waals surface area contributed by atoms with Crippen molar-refractivity contribution in [2.24, 2.45) is 0 Å². The summed E-state index contributed by atoms with van der Waals surface area (Å²) in [5.74, 6) is -0.914. The molecule has 0 unspecified atom stereocenters. The molecule has 5 heteroatoms. The minimum Gasteiger partial charge on any atom is -0.550 e. The summed E-state index contributed by atoms with van der Waals surface area (Å²) < 4.78 is 0. The monoisotopic (exact) mass is 160 g/mol. The standard InChI is InChI=1S/C4H8N2O.C2H4O2/c1-5-3-2-6-4(3)7;1-2(3)4/h3,5H,2H2,1H3,(H,6,7);1H3,(H,3,4)/t3-;/m0./s1. The molecular formula is C6H12N2O3. The maximum absolute atomic E-state index is 10.3. The van der Waals surface area contributed by atoms with Crippen molar-refractivity contribution >= 4 is 11.9 Å². The van der Waals surface area contributed by atoms with Gasteiger partial charge in [0, 0.05) is 5.97 Å². The number of hydrogen-bond donors (Lipinski definition) is 2. The largest absolute Gasteiger partial charge is 0.550 e. The lowest BCUT2D eigenvalue weighted by atomic mass is 10.2. The van der Waals surface area contributed by atoms with Gasteiger partial charge >= 0.3 is 0 Å². The van der Waals surface area contributed by atoms with E-state index in [1.807, 2.05) is 12.4 Å². The Labute approximate surface area is 64.8 Å². The van der Waals surface area contributed by atoms with Crippen molar-refractivity contribution in [3.05, 3.63) is 0 Å². The number of carboxylic acids is 1. The maximum atomic E-state index is 10.3. The maximum Gasteiger partial charge on any atom is 0.280 e. The summed E-state index contributed by atoms with van der Waals surface area (Å²) in [7, 11) is 1.91. The first-order valence-corrected chi connectivity index (χ1v) is 3.32. The Morgan fingerprint density at radius 2 is 2.27 bits per heavy atom. The number of nitrogens with one attached hydrogen (secondary N) is 1. The molecular weight excluding hydrogens is 148 g/mol. The minimum absolute atomic E-state index is 0.169. The molecule has 0 radical (unpaired) electrons. The molecule has 0 aromatic carbocycles. The highest BCUT2D eigenvalue weighted by atomic mass is 16.4. The molecule has 1 amide bonds. The molecule has 0 spiro atoms. The van der Waals surface area contributed by atoms with Crippen LogP contribution >= 0.6 is 0 Å². The van der Waals surface area contributed by atoms with Crippen molar-refractivity contribution in [3.63, 3.8) is 0 Å². The van der Waals surface area contributed by atoms with Gasteiger partial charge in [0.2, 0.25) is 0 Å². The summed E-state index contributed by atoms with van der Waals surface area (Å²) in [5.41, 5.74) is 0. The van der Waals surface area contributed by atoms with Crippen LogP contribution in [-0.2, 0) is 9.59 Å². The highest BCUT2D eigenvalue weighted by molar-refractivity contribution is 5.86. The zero-order valence-corrected chi connectivity index (χ0v) is 6.59. The van der Waals surface area contributed by atoms with Crippen molar-refractivity contribution in [2.75, 3.05) is 13.6 Å². The average molecular weight is 160 g/mol. The smallest absolute Gasteiger partial charge is 0.280 e. The first-order valence-electron chi connectivity index (χ1n) is 3.32. The van der Waals surface area contributed by atoms with Gasteiger partial charge < -0.3 is 20.5 Å². The number of carboxylic acid groups (broad SMARTS) is 1. The van der Waals surface area contributed by atoms with E-state index < -0.39 is 5.97 Å². The highest BCUT2D eigenvalue weighted by Crippen LogP contribution is 1.83. The van der Waals surface area contributed by atoms with Gasteiger partial charge in [-0.25, -0.2) is 0 Å². The van der Waals surface area contributed by atoms with E-state index in [9.17, 15) is 4.79 Å². The second-order valence-corrected chi connectivity index (χ2v) is 2.18. The first-order chi connectivity index (χ1) is 5.07. The van der Waals surface area contributed by atoms with E-state index in [0.29, 0.717) is 0 Å². The summed E-state index contributed by atoms with van der Waals surface area (Å²) in [5, 5.41) is 13.4. The van der Waals surface area contributed by atoms with Crippen molar-refractivity contribution in [2.45, 2.75) is 13.0 Å². The van der Waals surface area contributed by atoms with Crippen molar-refractivity contribution in [3.8, 4) is 0 Å². The molecule has 1 saturated heterocycles. The average Bonchev–Trinajstić information content (AvgIpc) is 1.85. The quantitative estimate of drug-likeness (QED) is 0.389. The lowest BCUT2D eigenvalue weighted by molar-refractivity contribution is -0.653. The summed E-state index contributed by atoms with van der Waals surface area (Å²) in [6.45, 7) is 1.81. The zero-order chi connectivity index (χ0) is 8.85. The molecule has 0 bridgehead atoms. The minimum atomic E-state index is -1.08. The van der Waals surface area contributed by atoms with E-state index in [4.69, 9.17) is 9.90 Å². The molecule has 1 aliphatic rings. The molecule has 0 aliphatic carbocycles. The molecule has 64 valence electrons. The number of hydrogen-bond acceptors (Lipinski definition) is 3. The third-order valence-electron chi connectivity index (χ3n) is 1.24. The fourth-order valence-corrected chi connectivity index (χ4v) is 0.572. The normalized spacial score (nSPS) is 20.5. The Bertz CT molecular complexity index is 152. The van der Waals surface area contributed by atoms with Gasteiger partial charge in [0.05, 0.1) is 13.6 Å². The molecule has 5 nitrogen and oxygen atoms in total. The van der Waals surface area contributed by atoms with Crippen molar-refractivity contribution in [1.29, 1.82) is 0 Å². The predicted molar refractivity (Wildman–Crippen MR) is 35.3 cm³/mol. The van der Waals surface area contributed by atoms with Crippen LogP contribution in [0.1, 0.15) is 6.92 Å². The molecule has 1 heterocycles. The number of carbonyl (C=O) groups excluding carboxylic acids is 2. The van der Waals surface area contributed by atoms with E-state index in [1.54, 1.807) is 0 Å². The van der Waals surface area contributed by atoms with Crippen LogP contribution in [0.15, 0.2) is 0 Å². The lowest BCUT2D eigenvalue weighted by Crippen LogP contribution is -2.95.